The average Bonchev–Trinajstić information content (AvgIpc) is 4.02. The molecule has 0 radical (unpaired) electrons. The molecule has 14 heteroatoms. The highest BCUT2D eigenvalue weighted by molar-refractivity contribution is 5.87. The van der Waals surface area contributed by atoms with Crippen molar-refractivity contribution in [3.8, 4) is 0 Å². The molecule has 56 heavy (non-hydrogen) atoms. The van der Waals surface area contributed by atoms with E-state index in [1.807, 2.05) is 26.0 Å². The molecular weight excluding hydrogens is 724 g/mol. The van der Waals surface area contributed by atoms with Crippen LogP contribution in [0.3, 0.4) is 0 Å². The number of fused-ring (bicyclic) bond motifs is 2. The van der Waals surface area contributed by atoms with Crippen molar-refractivity contribution >= 4 is 35.7 Å². The van der Waals surface area contributed by atoms with E-state index in [4.69, 9.17) is 18.9 Å². The van der Waals surface area contributed by atoms with Crippen molar-refractivity contribution < 1.29 is 57.9 Å². The highest BCUT2D eigenvalue weighted by Gasteiger charge is 2.53. The summed E-state index contributed by atoms with van der Waals surface area (Å²) in [5.41, 5.74) is 1.61. The van der Waals surface area contributed by atoms with Crippen LogP contribution in [-0.2, 0) is 47.7 Å². The lowest BCUT2D eigenvalue weighted by molar-refractivity contribution is -0.144. The number of carbonyl (C=O) groups excluding carboxylic acids is 4. The molecule has 0 aromatic heterocycles. The molecule has 0 aromatic rings. The summed E-state index contributed by atoms with van der Waals surface area (Å²) in [5.74, 6) is -4.04. The monoisotopic (exact) mass is 784 g/mol. The number of carboxylic acids is 2. The maximum absolute atomic E-state index is 12.4. The lowest BCUT2D eigenvalue weighted by Gasteiger charge is -2.19. The number of epoxide rings is 2. The van der Waals surface area contributed by atoms with Crippen molar-refractivity contribution in [3.63, 3.8) is 0 Å². The number of rotatable bonds is 19. The predicted molar refractivity (Wildman–Crippen MR) is 205 cm³/mol. The number of ether oxygens (including phenoxy) is 4. The molecule has 14 nitrogen and oxygen atoms in total. The quantitative estimate of drug-likeness (QED) is 0.0435. The average molecular weight is 785 g/mol. The zero-order valence-corrected chi connectivity index (χ0v) is 33.0. The number of hydrogen-bond acceptors (Lipinski definition) is 10. The molecular formula is C42H60N2O12. The molecule has 310 valence electrons. The van der Waals surface area contributed by atoms with E-state index < -0.39 is 23.9 Å². The maximum Gasteiger partial charge on any atom is 0.331 e. The minimum Gasteiger partial charge on any atom is -0.478 e. The molecule has 0 bridgehead atoms. The number of allylic oxidation sites excluding steroid dienone is 2. The van der Waals surface area contributed by atoms with Crippen molar-refractivity contribution in [2.75, 3.05) is 26.3 Å². The Kier molecular flexibility index (Phi) is 16.5. The number of unbranched alkanes of at least 4 members (excludes halogenated alkanes) is 1. The second-order valence-electron chi connectivity index (χ2n) is 16.0. The summed E-state index contributed by atoms with van der Waals surface area (Å²) in [6.07, 6.45) is 11.8. The Morgan fingerprint density at radius 2 is 1.09 bits per heavy atom. The van der Waals surface area contributed by atoms with E-state index in [2.05, 4.69) is 23.8 Å². The molecule has 6 unspecified atom stereocenters. The molecule has 2 aliphatic heterocycles. The summed E-state index contributed by atoms with van der Waals surface area (Å²) in [6.45, 7) is 12.5. The van der Waals surface area contributed by atoms with Gasteiger partial charge in [0.2, 0.25) is 11.8 Å². The van der Waals surface area contributed by atoms with Crippen LogP contribution in [-0.4, -0.2) is 95.6 Å². The highest BCUT2D eigenvalue weighted by atomic mass is 16.6. The van der Waals surface area contributed by atoms with Gasteiger partial charge in [0.1, 0.15) is 13.2 Å². The van der Waals surface area contributed by atoms with Crippen LogP contribution < -0.4 is 10.6 Å². The Hall–Kier alpha value is -4.30. The Bertz CT molecular complexity index is 1450. The molecule has 6 atom stereocenters. The van der Waals surface area contributed by atoms with Crippen LogP contribution >= 0.6 is 0 Å². The maximum atomic E-state index is 12.4. The Morgan fingerprint density at radius 3 is 1.46 bits per heavy atom. The molecule has 2 saturated heterocycles. The number of carboxylic acid groups (broad SMARTS) is 2. The van der Waals surface area contributed by atoms with Gasteiger partial charge in [-0.15, -0.1) is 0 Å². The number of hydrogen-bond donors (Lipinski definition) is 4. The summed E-state index contributed by atoms with van der Waals surface area (Å²) in [6, 6.07) is 0. The predicted octanol–water partition coefficient (Wildman–Crippen LogP) is 5.26. The first-order chi connectivity index (χ1) is 26.6. The first-order valence-corrected chi connectivity index (χ1v) is 20.0. The Labute approximate surface area is 329 Å². The smallest absolute Gasteiger partial charge is 0.331 e. The summed E-state index contributed by atoms with van der Waals surface area (Å²) < 4.78 is 22.6. The van der Waals surface area contributed by atoms with Crippen molar-refractivity contribution in [2.24, 2.45) is 11.8 Å². The molecule has 2 aliphatic carbocycles. The number of aliphatic carboxylic acids is 2. The van der Waals surface area contributed by atoms with Crippen LogP contribution in [0, 0.1) is 11.8 Å². The molecule has 0 aromatic carbocycles. The minimum absolute atomic E-state index is 0.0184. The molecule has 4 N–H and O–H groups in total. The molecule has 4 aliphatic rings. The van der Waals surface area contributed by atoms with E-state index in [0.717, 1.165) is 36.8 Å². The SMILES string of the molecule is C=C(C(=O)O)C1CC/C(COC(=O)CCC(=O)NCCCCNC(=O)CCC(=O)OC/C2=C/CCC3(C)OC3CC(C(=C)C(=O)O)CC2)=C\CCC2(C)OC2C1. The number of nitrogens with one attached hydrogen (secondary N) is 2. The fourth-order valence-electron chi connectivity index (χ4n) is 7.47. The van der Waals surface area contributed by atoms with Gasteiger partial charge in [0.25, 0.3) is 0 Å². The number of amides is 2. The van der Waals surface area contributed by atoms with Gasteiger partial charge in [0.15, 0.2) is 0 Å². The van der Waals surface area contributed by atoms with E-state index in [1.54, 1.807) is 0 Å². The zero-order valence-electron chi connectivity index (χ0n) is 33.0. The first kappa shape index (κ1) is 44.4. The van der Waals surface area contributed by atoms with Gasteiger partial charge in [-0.25, -0.2) is 9.59 Å². The van der Waals surface area contributed by atoms with Crippen molar-refractivity contribution in [1.29, 1.82) is 0 Å². The standard InChI is InChI=1S/C42H60N2O12/c1-27(39(49)50)31-13-11-29(9-7-19-41(3)33(23-31)55-41)25-53-37(47)17-15-35(45)43-21-5-6-22-44-36(46)16-18-38(48)54-26-30-10-8-20-42(4)34(56-42)24-32(14-12-30)28(2)40(51)52/h9-10,31-34H,1-2,5-8,11-26H2,3-4H3,(H,43,45)(H,44,46)(H,49,50)(H,51,52)/b29-9+,30-10+. The zero-order chi connectivity index (χ0) is 40.9. The third-order valence-corrected chi connectivity index (χ3v) is 11.6. The minimum atomic E-state index is -1.02. The molecule has 2 amide bonds. The third-order valence-electron chi connectivity index (χ3n) is 11.6. The van der Waals surface area contributed by atoms with Gasteiger partial charge in [-0.1, -0.05) is 25.3 Å². The van der Waals surface area contributed by atoms with Gasteiger partial charge in [-0.05, 0) is 114 Å². The van der Waals surface area contributed by atoms with Gasteiger partial charge in [-0.2, -0.15) is 0 Å². The first-order valence-electron chi connectivity index (χ1n) is 20.0. The number of carbonyl (C=O) groups is 6. The van der Waals surface area contributed by atoms with Crippen LogP contribution in [0.5, 0.6) is 0 Å². The van der Waals surface area contributed by atoms with Gasteiger partial charge in [0, 0.05) is 37.1 Å². The third kappa shape index (κ3) is 14.3. The molecule has 0 saturated carbocycles. The Balaban J connectivity index is 1.03. The normalized spacial score (nSPS) is 29.2. The molecule has 0 spiro atoms. The second kappa shape index (κ2) is 20.7. The second-order valence-corrected chi connectivity index (χ2v) is 16.0. The topological polar surface area (TPSA) is 210 Å². The van der Waals surface area contributed by atoms with Gasteiger partial charge < -0.3 is 39.8 Å². The van der Waals surface area contributed by atoms with Crippen LogP contribution in [0.4, 0.5) is 0 Å². The van der Waals surface area contributed by atoms with Crippen molar-refractivity contribution in [3.05, 3.63) is 47.6 Å². The lowest BCUT2D eigenvalue weighted by atomic mass is 9.84. The van der Waals surface area contributed by atoms with E-state index in [0.29, 0.717) is 64.5 Å². The van der Waals surface area contributed by atoms with Crippen molar-refractivity contribution in [1.82, 2.24) is 10.6 Å². The van der Waals surface area contributed by atoms with Gasteiger partial charge in [0.05, 0.1) is 36.3 Å². The van der Waals surface area contributed by atoms with E-state index in [-0.39, 0.29) is 97.1 Å². The summed E-state index contributed by atoms with van der Waals surface area (Å²) >= 11 is 0. The van der Waals surface area contributed by atoms with Crippen molar-refractivity contribution in [2.45, 2.75) is 140 Å². The lowest BCUT2D eigenvalue weighted by Crippen LogP contribution is -2.28. The Morgan fingerprint density at radius 1 is 0.696 bits per heavy atom. The van der Waals surface area contributed by atoms with Crippen LogP contribution in [0.15, 0.2) is 47.6 Å². The largest absolute Gasteiger partial charge is 0.478 e. The highest BCUT2D eigenvalue weighted by Crippen LogP contribution is 2.47. The van der Waals surface area contributed by atoms with Crippen LogP contribution in [0.1, 0.15) is 117 Å². The summed E-state index contributed by atoms with van der Waals surface area (Å²) in [4.78, 5) is 72.5. The molecule has 2 fully saturated rings. The summed E-state index contributed by atoms with van der Waals surface area (Å²) in [5, 5.41) is 24.5. The fourth-order valence-corrected chi connectivity index (χ4v) is 7.47. The number of esters is 2. The van der Waals surface area contributed by atoms with Gasteiger partial charge in [-0.3, -0.25) is 19.2 Å². The van der Waals surface area contributed by atoms with E-state index in [1.165, 1.54) is 0 Å². The van der Waals surface area contributed by atoms with Crippen LogP contribution in [0.2, 0.25) is 0 Å². The molecule has 2 heterocycles. The molecule has 4 rings (SSSR count). The fraction of sp³-hybridized carbons (Fsp3) is 0.667. The van der Waals surface area contributed by atoms with Crippen LogP contribution in [0.25, 0.3) is 0 Å². The van der Waals surface area contributed by atoms with E-state index in [9.17, 15) is 39.0 Å². The van der Waals surface area contributed by atoms with Gasteiger partial charge >= 0.3 is 23.9 Å². The summed E-state index contributed by atoms with van der Waals surface area (Å²) in [7, 11) is 0. The van der Waals surface area contributed by atoms with E-state index >= 15 is 0 Å².